The van der Waals surface area contributed by atoms with E-state index in [0.29, 0.717) is 31.1 Å². The first-order chi connectivity index (χ1) is 18.6. The molecule has 0 saturated heterocycles. The molecular formula is C25H24ClF3N4O6. The number of nitrogens with zero attached hydrogens (tertiary/aromatic N) is 4. The second kappa shape index (κ2) is 12.3. The van der Waals surface area contributed by atoms with Crippen LogP contribution in [-0.4, -0.2) is 49.8 Å². The number of ether oxygens (including phenoxy) is 3. The second-order valence-corrected chi connectivity index (χ2v) is 8.86. The molecule has 0 radical (unpaired) electrons. The third-order valence-electron chi connectivity index (χ3n) is 5.66. The highest BCUT2D eigenvalue weighted by Gasteiger charge is 2.31. The molecule has 4 aromatic rings. The van der Waals surface area contributed by atoms with E-state index < -0.39 is 17.4 Å². The smallest absolute Gasteiger partial charge is 0.494 e. The predicted molar refractivity (Wildman–Crippen MR) is 135 cm³/mol. The molecule has 1 atom stereocenters. The van der Waals surface area contributed by atoms with E-state index in [1.54, 1.807) is 6.07 Å². The van der Waals surface area contributed by atoms with Gasteiger partial charge in [0.05, 0.1) is 12.7 Å². The van der Waals surface area contributed by atoms with E-state index in [-0.39, 0.29) is 36.4 Å². The zero-order chi connectivity index (χ0) is 28.0. The molecule has 4 rings (SSSR count). The minimum absolute atomic E-state index is 0.0232. The number of aromatic nitrogens is 3. The Morgan fingerprint density at radius 1 is 1.03 bits per heavy atom. The first kappa shape index (κ1) is 28.0. The molecule has 0 aliphatic rings. The van der Waals surface area contributed by atoms with Crippen molar-refractivity contribution in [3.63, 3.8) is 0 Å². The molecule has 2 aromatic carbocycles. The van der Waals surface area contributed by atoms with Gasteiger partial charge < -0.3 is 34.0 Å². The summed E-state index contributed by atoms with van der Waals surface area (Å²) in [5.41, 5.74) is 0.980. The van der Waals surface area contributed by atoms with Gasteiger partial charge in [-0.1, -0.05) is 0 Å². The van der Waals surface area contributed by atoms with Crippen LogP contribution in [0.1, 0.15) is 12.8 Å². The molecule has 2 heterocycles. The Kier molecular flexibility index (Phi) is 8.82. The molecular weight excluding hydrogens is 545 g/mol. The average Bonchev–Trinajstić information content (AvgIpc) is 3.47. The fourth-order valence-corrected chi connectivity index (χ4v) is 4.03. The molecule has 0 saturated carbocycles. The monoisotopic (exact) mass is 568 g/mol. The maximum absolute atomic E-state index is 12.2. The number of hydrogen-bond acceptors (Lipinski definition) is 7. The number of aliphatic hydroxyl groups is 1. The number of fused-ring (bicyclic) bond motifs is 1. The van der Waals surface area contributed by atoms with Crippen LogP contribution < -0.4 is 14.2 Å². The molecule has 208 valence electrons. The van der Waals surface area contributed by atoms with Gasteiger partial charge in [0.1, 0.15) is 30.1 Å². The molecule has 0 aliphatic heterocycles. The molecule has 0 spiro atoms. The highest BCUT2D eigenvalue weighted by atomic mass is 35.5. The summed E-state index contributed by atoms with van der Waals surface area (Å²) in [6.07, 6.45) is -1.48. The van der Waals surface area contributed by atoms with Crippen molar-refractivity contribution in [1.82, 2.24) is 14.1 Å². The second-order valence-electron chi connectivity index (χ2n) is 8.52. The van der Waals surface area contributed by atoms with E-state index in [1.165, 1.54) is 35.0 Å². The van der Waals surface area contributed by atoms with E-state index in [1.807, 2.05) is 29.0 Å². The number of alkyl halides is 3. The Bertz CT molecular complexity index is 1410. The Labute approximate surface area is 225 Å². The maximum Gasteiger partial charge on any atom is 0.573 e. The summed E-state index contributed by atoms with van der Waals surface area (Å²) in [6, 6.07) is 12.7. The molecule has 2 aromatic heterocycles. The van der Waals surface area contributed by atoms with Gasteiger partial charge in [-0.05, 0) is 82.9 Å². The van der Waals surface area contributed by atoms with E-state index in [4.69, 9.17) is 21.1 Å². The fraction of sp³-hybridized carbons (Fsp3) is 0.320. The lowest BCUT2D eigenvalue weighted by atomic mass is 10.2. The molecule has 0 fully saturated rings. The highest BCUT2D eigenvalue weighted by Crippen LogP contribution is 2.25. The lowest BCUT2D eigenvalue weighted by molar-refractivity contribution is -0.389. The summed E-state index contributed by atoms with van der Waals surface area (Å²) in [4.78, 5) is 13.8. The minimum atomic E-state index is -4.73. The normalized spacial score (nSPS) is 12.4. The maximum atomic E-state index is 12.2. The quantitative estimate of drug-likeness (QED) is 0.127. The van der Waals surface area contributed by atoms with Gasteiger partial charge in [-0.3, -0.25) is 4.57 Å². The van der Waals surface area contributed by atoms with Crippen molar-refractivity contribution in [3.8, 4) is 17.2 Å². The number of benzene rings is 2. The molecule has 0 bridgehead atoms. The number of halogens is 4. The van der Waals surface area contributed by atoms with Crippen LogP contribution >= 0.6 is 11.6 Å². The zero-order valence-electron chi connectivity index (χ0n) is 20.4. The van der Waals surface area contributed by atoms with Gasteiger partial charge in [0.25, 0.3) is 0 Å². The lowest BCUT2D eigenvalue weighted by Gasteiger charge is -2.13. The van der Waals surface area contributed by atoms with Gasteiger partial charge in [0.2, 0.25) is 0 Å². The number of imidazole rings is 1. The van der Waals surface area contributed by atoms with Crippen molar-refractivity contribution < 1.29 is 37.4 Å². The van der Waals surface area contributed by atoms with Crippen LogP contribution in [0.5, 0.6) is 17.2 Å². The summed E-state index contributed by atoms with van der Waals surface area (Å²) < 4.78 is 55.3. The van der Waals surface area contributed by atoms with Crippen molar-refractivity contribution in [3.05, 3.63) is 76.3 Å². The Hall–Kier alpha value is -3.97. The molecule has 1 N–H and O–H groups in total. The third kappa shape index (κ3) is 8.01. The first-order valence-electron chi connectivity index (χ1n) is 11.8. The van der Waals surface area contributed by atoms with Crippen molar-refractivity contribution >= 4 is 28.3 Å². The zero-order valence-corrected chi connectivity index (χ0v) is 21.1. The number of aliphatic hydroxyl groups excluding tert-OH is 1. The summed E-state index contributed by atoms with van der Waals surface area (Å²) >= 11 is 5.88. The fourth-order valence-electron chi connectivity index (χ4n) is 3.81. The minimum Gasteiger partial charge on any atom is -0.494 e. The van der Waals surface area contributed by atoms with E-state index >= 15 is 0 Å². The van der Waals surface area contributed by atoms with Crippen molar-refractivity contribution in [2.75, 3.05) is 13.2 Å². The highest BCUT2D eigenvalue weighted by molar-refractivity contribution is 6.28. The van der Waals surface area contributed by atoms with Crippen LogP contribution in [0.25, 0.3) is 10.9 Å². The number of hydrogen-bond donors (Lipinski definition) is 1. The Morgan fingerprint density at radius 3 is 2.44 bits per heavy atom. The predicted octanol–water partition coefficient (Wildman–Crippen LogP) is 5.60. The third-order valence-corrected chi connectivity index (χ3v) is 5.96. The van der Waals surface area contributed by atoms with Crippen LogP contribution in [0.15, 0.2) is 60.9 Å². The van der Waals surface area contributed by atoms with E-state index in [9.17, 15) is 28.4 Å². The topological polar surface area (TPSA) is 114 Å². The van der Waals surface area contributed by atoms with Crippen molar-refractivity contribution in [2.24, 2.45) is 0 Å². The largest absolute Gasteiger partial charge is 0.573 e. The van der Waals surface area contributed by atoms with Crippen LogP contribution in [0.3, 0.4) is 0 Å². The summed E-state index contributed by atoms with van der Waals surface area (Å²) in [5.74, 6) is 0.364. The van der Waals surface area contributed by atoms with Crippen LogP contribution in [-0.2, 0) is 13.1 Å². The Balaban J connectivity index is 1.21. The van der Waals surface area contributed by atoms with Crippen LogP contribution in [0.2, 0.25) is 5.28 Å². The average molecular weight is 569 g/mol. The van der Waals surface area contributed by atoms with Gasteiger partial charge in [-0.15, -0.1) is 13.2 Å². The standard InChI is InChI=1S/C25H24ClF3N4O6/c26-24-30-23(33(35)36)15-32(24)12-9-18(34)16-38-21-6-7-22-17(14-21)8-11-31(22)10-1-13-37-19-2-4-20(5-3-19)39-25(27,28)29/h2-8,11,14-15,18,34H,1,9-10,12-13,16H2. The molecule has 1 unspecified atom stereocenters. The lowest BCUT2D eigenvalue weighted by Crippen LogP contribution is -2.19. The molecule has 0 amide bonds. The number of nitro groups is 1. The van der Waals surface area contributed by atoms with Gasteiger partial charge in [0.15, 0.2) is 0 Å². The molecule has 0 aliphatic carbocycles. The molecule has 10 nitrogen and oxygen atoms in total. The molecule has 14 heteroatoms. The number of rotatable bonds is 13. The van der Waals surface area contributed by atoms with Gasteiger partial charge in [-0.2, -0.15) is 0 Å². The first-order valence-corrected chi connectivity index (χ1v) is 12.2. The van der Waals surface area contributed by atoms with E-state index in [2.05, 4.69) is 9.72 Å². The summed E-state index contributed by atoms with van der Waals surface area (Å²) in [7, 11) is 0. The summed E-state index contributed by atoms with van der Waals surface area (Å²) in [5, 5.41) is 22.0. The van der Waals surface area contributed by atoms with Gasteiger partial charge >= 0.3 is 17.5 Å². The Morgan fingerprint density at radius 2 is 1.74 bits per heavy atom. The van der Waals surface area contributed by atoms with Crippen molar-refractivity contribution in [2.45, 2.75) is 38.4 Å². The van der Waals surface area contributed by atoms with Gasteiger partial charge in [0, 0.05) is 30.2 Å². The summed E-state index contributed by atoms with van der Waals surface area (Å²) in [6.45, 7) is 1.30. The molecule has 39 heavy (non-hydrogen) atoms. The van der Waals surface area contributed by atoms with Crippen molar-refractivity contribution in [1.29, 1.82) is 0 Å². The van der Waals surface area contributed by atoms with Gasteiger partial charge in [-0.25, -0.2) is 0 Å². The van der Waals surface area contributed by atoms with Crippen LogP contribution in [0, 0.1) is 10.1 Å². The van der Waals surface area contributed by atoms with E-state index in [0.717, 1.165) is 10.9 Å². The van der Waals surface area contributed by atoms with Crippen LogP contribution in [0.4, 0.5) is 19.0 Å². The SMILES string of the molecule is O=[N+]([O-])c1cn(CCC(O)COc2ccc3c(ccn3CCCOc3ccc(OC(F)(F)F)cc3)c2)c(Cl)n1. The number of aryl methyl sites for hydroxylation is 2.